The van der Waals surface area contributed by atoms with Gasteiger partial charge in [-0.3, -0.25) is 4.79 Å². The van der Waals surface area contributed by atoms with Crippen molar-refractivity contribution >= 4 is 35.1 Å². The smallest absolute Gasteiger partial charge is 0.271 e. The number of carbonyl (C=O) groups is 1. The van der Waals surface area contributed by atoms with Gasteiger partial charge >= 0.3 is 0 Å². The Hall–Kier alpha value is -3.20. The lowest BCUT2D eigenvalue weighted by atomic mass is 9.91. The van der Waals surface area contributed by atoms with Crippen LogP contribution in [0.3, 0.4) is 0 Å². The molecule has 0 radical (unpaired) electrons. The Balaban J connectivity index is 1.87. The third-order valence-corrected chi connectivity index (χ3v) is 4.66. The van der Waals surface area contributed by atoms with Crippen molar-refractivity contribution in [2.24, 2.45) is 11.5 Å². The average molecular weight is 368 g/mol. The van der Waals surface area contributed by atoms with Gasteiger partial charge in [-0.1, -0.05) is 12.8 Å². The molecule has 0 aliphatic heterocycles. The number of anilines is 4. The number of rotatable bonds is 6. The van der Waals surface area contributed by atoms with Gasteiger partial charge in [0.25, 0.3) is 5.91 Å². The summed E-state index contributed by atoms with van der Waals surface area (Å²) in [6, 6.07) is 5.25. The highest BCUT2D eigenvalue weighted by molar-refractivity contribution is 5.96. The summed E-state index contributed by atoms with van der Waals surface area (Å²) in [5.41, 5.74) is 19.1. The molecule has 1 aromatic heterocycles. The molecule has 9 heteroatoms. The van der Waals surface area contributed by atoms with Crippen LogP contribution in [-0.4, -0.2) is 34.2 Å². The number of amides is 1. The van der Waals surface area contributed by atoms with Gasteiger partial charge in [-0.05, 0) is 31.0 Å². The molecule has 1 saturated carbocycles. The molecule has 142 valence electrons. The maximum absolute atomic E-state index is 11.7. The lowest BCUT2D eigenvalue weighted by molar-refractivity contribution is 0.0996. The van der Waals surface area contributed by atoms with Crippen molar-refractivity contribution in [2.75, 3.05) is 16.4 Å². The Labute approximate surface area is 157 Å². The lowest BCUT2D eigenvalue weighted by Gasteiger charge is -2.29. The van der Waals surface area contributed by atoms with Crippen molar-refractivity contribution in [1.29, 1.82) is 5.41 Å². The molecule has 9 nitrogen and oxygen atoms in total. The van der Waals surface area contributed by atoms with E-state index >= 15 is 0 Å². The van der Waals surface area contributed by atoms with Crippen LogP contribution in [0.15, 0.2) is 24.4 Å². The summed E-state index contributed by atoms with van der Waals surface area (Å²) in [5, 5.41) is 13.8. The average Bonchev–Trinajstić information content (AvgIpc) is 2.65. The number of nitrogen functional groups attached to an aromatic ring is 1. The first kappa shape index (κ1) is 18.6. The van der Waals surface area contributed by atoms with Gasteiger partial charge in [0.15, 0.2) is 11.5 Å². The van der Waals surface area contributed by atoms with Crippen LogP contribution < -0.4 is 27.8 Å². The van der Waals surface area contributed by atoms with E-state index in [4.69, 9.17) is 22.6 Å². The van der Waals surface area contributed by atoms with Crippen LogP contribution in [0.1, 0.15) is 41.7 Å². The number of nitrogens with one attached hydrogen (secondary N) is 3. The van der Waals surface area contributed by atoms with E-state index in [1.165, 1.54) is 6.20 Å². The van der Waals surface area contributed by atoms with Crippen LogP contribution in [-0.2, 0) is 0 Å². The largest absolute Gasteiger partial charge is 0.398 e. The highest BCUT2D eigenvalue weighted by atomic mass is 16.1. The zero-order chi connectivity index (χ0) is 19.4. The normalized spacial score (nSPS) is 19.3. The number of hydrogen-bond acceptors (Lipinski definition) is 8. The number of primary amides is 1. The second-order valence-electron chi connectivity index (χ2n) is 6.63. The highest BCUT2D eigenvalue weighted by Crippen LogP contribution is 2.24. The Kier molecular flexibility index (Phi) is 5.51. The minimum absolute atomic E-state index is 0.0294. The minimum atomic E-state index is -0.686. The van der Waals surface area contributed by atoms with Gasteiger partial charge in [-0.2, -0.15) is 0 Å². The van der Waals surface area contributed by atoms with Crippen molar-refractivity contribution in [1.82, 2.24) is 9.97 Å². The number of hydrogen-bond donors (Lipinski definition) is 6. The zero-order valence-corrected chi connectivity index (χ0v) is 14.9. The van der Waals surface area contributed by atoms with Gasteiger partial charge in [-0.15, -0.1) is 0 Å². The second-order valence-corrected chi connectivity index (χ2v) is 6.63. The van der Waals surface area contributed by atoms with Crippen molar-refractivity contribution in [3.63, 3.8) is 0 Å². The van der Waals surface area contributed by atoms with E-state index < -0.39 is 5.91 Å². The standard InChI is InChI=1S/C18H24N8O/c19-8-10-7-11(5-6-12(10)20)24-18-16(17(22)27)23-9-15(26-18)25-14-4-2-1-3-13(14)21/h5-9,13-14,19H,1-4,20-21H2,(H2,22,27)(H2,24,25,26). The molecule has 0 bridgehead atoms. The van der Waals surface area contributed by atoms with Crippen LogP contribution in [0, 0.1) is 5.41 Å². The number of aromatic nitrogens is 2. The minimum Gasteiger partial charge on any atom is -0.398 e. The molecule has 1 aliphatic rings. The predicted molar refractivity (Wildman–Crippen MR) is 106 cm³/mol. The van der Waals surface area contributed by atoms with E-state index in [0.717, 1.165) is 31.9 Å². The van der Waals surface area contributed by atoms with E-state index in [9.17, 15) is 4.79 Å². The zero-order valence-electron chi connectivity index (χ0n) is 14.9. The van der Waals surface area contributed by atoms with Gasteiger partial charge in [0.1, 0.15) is 5.82 Å². The fourth-order valence-electron chi connectivity index (χ4n) is 3.17. The number of carbonyl (C=O) groups excluding carboxylic acids is 1. The summed E-state index contributed by atoms with van der Waals surface area (Å²) in [4.78, 5) is 20.3. The highest BCUT2D eigenvalue weighted by Gasteiger charge is 2.23. The fourth-order valence-corrected chi connectivity index (χ4v) is 3.17. The Morgan fingerprint density at radius 3 is 2.78 bits per heavy atom. The molecule has 1 heterocycles. The second kappa shape index (κ2) is 8.00. The maximum atomic E-state index is 11.7. The monoisotopic (exact) mass is 368 g/mol. The van der Waals surface area contributed by atoms with Gasteiger partial charge in [0.05, 0.1) is 6.20 Å². The molecule has 27 heavy (non-hydrogen) atoms. The van der Waals surface area contributed by atoms with Crippen LogP contribution in [0.2, 0.25) is 0 Å². The van der Waals surface area contributed by atoms with E-state index in [1.54, 1.807) is 18.2 Å². The van der Waals surface area contributed by atoms with Crippen molar-refractivity contribution in [3.8, 4) is 0 Å². The van der Waals surface area contributed by atoms with Crippen LogP contribution >= 0.6 is 0 Å². The van der Waals surface area contributed by atoms with Gasteiger partial charge in [0, 0.05) is 35.2 Å². The topological polar surface area (TPSA) is 169 Å². The molecular formula is C18H24N8O. The summed E-state index contributed by atoms with van der Waals surface area (Å²) < 4.78 is 0. The Morgan fingerprint density at radius 1 is 1.30 bits per heavy atom. The van der Waals surface area contributed by atoms with E-state index in [-0.39, 0.29) is 23.6 Å². The van der Waals surface area contributed by atoms with Crippen molar-refractivity contribution in [2.45, 2.75) is 37.8 Å². The van der Waals surface area contributed by atoms with Gasteiger partial charge < -0.3 is 33.2 Å². The van der Waals surface area contributed by atoms with E-state index in [2.05, 4.69) is 20.6 Å². The Morgan fingerprint density at radius 2 is 2.07 bits per heavy atom. The van der Waals surface area contributed by atoms with Crippen LogP contribution in [0.25, 0.3) is 0 Å². The van der Waals surface area contributed by atoms with E-state index in [0.29, 0.717) is 22.8 Å². The molecule has 9 N–H and O–H groups in total. The first-order chi connectivity index (χ1) is 13.0. The van der Waals surface area contributed by atoms with Crippen molar-refractivity contribution < 1.29 is 4.79 Å². The summed E-state index contributed by atoms with van der Waals surface area (Å²) in [6.07, 6.45) is 6.81. The molecule has 0 saturated heterocycles. The maximum Gasteiger partial charge on any atom is 0.271 e. The SMILES string of the molecule is N=Cc1cc(Nc2nc(NC3CCCCC3N)cnc2C(N)=O)ccc1N. The van der Waals surface area contributed by atoms with Crippen LogP contribution in [0.5, 0.6) is 0 Å². The van der Waals surface area contributed by atoms with Gasteiger partial charge in [0.2, 0.25) is 0 Å². The first-order valence-electron chi connectivity index (χ1n) is 8.84. The molecule has 1 amide bonds. The summed E-state index contributed by atoms with van der Waals surface area (Å²) >= 11 is 0. The summed E-state index contributed by atoms with van der Waals surface area (Å²) in [7, 11) is 0. The van der Waals surface area contributed by atoms with E-state index in [1.807, 2.05) is 0 Å². The Bertz CT molecular complexity index is 853. The third kappa shape index (κ3) is 4.32. The molecule has 2 aromatic rings. The van der Waals surface area contributed by atoms with Crippen molar-refractivity contribution in [3.05, 3.63) is 35.7 Å². The fraction of sp³-hybridized carbons (Fsp3) is 0.333. The first-order valence-corrected chi connectivity index (χ1v) is 8.84. The molecule has 1 fully saturated rings. The predicted octanol–water partition coefficient (Wildman–Crippen LogP) is 1.58. The molecule has 2 unspecified atom stereocenters. The number of benzene rings is 1. The van der Waals surface area contributed by atoms with Crippen LogP contribution in [0.4, 0.5) is 23.0 Å². The lowest BCUT2D eigenvalue weighted by Crippen LogP contribution is -2.42. The third-order valence-electron chi connectivity index (χ3n) is 4.66. The molecule has 1 aromatic carbocycles. The molecule has 0 spiro atoms. The van der Waals surface area contributed by atoms with Gasteiger partial charge in [-0.25, -0.2) is 9.97 Å². The summed E-state index contributed by atoms with van der Waals surface area (Å²) in [5.74, 6) is 0.0683. The number of nitrogens with zero attached hydrogens (tertiary/aromatic N) is 2. The quantitative estimate of drug-likeness (QED) is 0.332. The number of nitrogens with two attached hydrogens (primary N) is 3. The molecule has 3 rings (SSSR count). The molecule has 1 aliphatic carbocycles. The summed E-state index contributed by atoms with van der Waals surface area (Å²) in [6.45, 7) is 0. The molecule has 2 atom stereocenters. The molecular weight excluding hydrogens is 344 g/mol.